The molecular weight excluding hydrogens is 352 g/mol. The molecule has 1 heterocycles. The van der Waals surface area contributed by atoms with Gasteiger partial charge in [-0.1, -0.05) is 18.2 Å². The predicted molar refractivity (Wildman–Crippen MR) is 113 cm³/mol. The second kappa shape index (κ2) is 8.78. The number of likely N-dealkylation sites (tertiary alicyclic amines) is 1. The van der Waals surface area contributed by atoms with Crippen molar-refractivity contribution < 1.29 is 9.59 Å². The number of hydrogen-bond donors (Lipinski definition) is 2. The third kappa shape index (κ3) is 4.82. The van der Waals surface area contributed by atoms with Crippen LogP contribution in [0.15, 0.2) is 54.6 Å². The first-order chi connectivity index (χ1) is 13.4. The Bertz CT molecular complexity index is 805. The molecule has 0 bridgehead atoms. The highest BCUT2D eigenvalue weighted by molar-refractivity contribution is 5.95. The fraction of sp³-hybridized carbons (Fsp3) is 0.364. The van der Waals surface area contributed by atoms with Gasteiger partial charge in [0.1, 0.15) is 0 Å². The van der Waals surface area contributed by atoms with E-state index in [2.05, 4.69) is 34.7 Å². The normalized spacial score (nSPS) is 16.1. The molecule has 0 aliphatic carbocycles. The van der Waals surface area contributed by atoms with Gasteiger partial charge in [0.15, 0.2) is 0 Å². The largest absolute Gasteiger partial charge is 0.370 e. The summed E-state index contributed by atoms with van der Waals surface area (Å²) in [4.78, 5) is 28.7. The Balaban J connectivity index is 1.55. The fourth-order valence-corrected chi connectivity index (χ4v) is 3.37. The highest BCUT2D eigenvalue weighted by atomic mass is 16.2. The highest BCUT2D eigenvalue weighted by Crippen LogP contribution is 2.22. The number of carbonyl (C=O) groups is 2. The Labute approximate surface area is 166 Å². The van der Waals surface area contributed by atoms with Gasteiger partial charge in [-0.2, -0.15) is 0 Å². The minimum atomic E-state index is -0.112. The van der Waals surface area contributed by atoms with Crippen LogP contribution in [0.2, 0.25) is 0 Å². The quantitative estimate of drug-likeness (QED) is 0.833. The molecule has 2 aromatic rings. The lowest BCUT2D eigenvalue weighted by Gasteiger charge is -2.27. The first-order valence-electron chi connectivity index (χ1n) is 9.69. The first-order valence-corrected chi connectivity index (χ1v) is 9.69. The molecule has 2 aromatic carbocycles. The zero-order valence-corrected chi connectivity index (χ0v) is 16.7. The standard InChI is InChI=1S/C22H28N4O2/c1-16(2)23-21(27)17-9-11-18(12-10-17)24-22(28)26-14-13-20(15-26)25(3)19-7-5-4-6-8-19/h4-12,16,20H,13-15H2,1-3H3,(H,23,27)(H,24,28). The lowest BCUT2D eigenvalue weighted by atomic mass is 10.2. The fourth-order valence-electron chi connectivity index (χ4n) is 3.37. The van der Waals surface area contributed by atoms with Crippen LogP contribution in [0.5, 0.6) is 0 Å². The molecule has 0 radical (unpaired) electrons. The first kappa shape index (κ1) is 19.7. The van der Waals surface area contributed by atoms with Crippen LogP contribution in [0.25, 0.3) is 0 Å². The number of likely N-dealkylation sites (N-methyl/N-ethyl adjacent to an activating group) is 1. The van der Waals surface area contributed by atoms with Gasteiger partial charge < -0.3 is 20.4 Å². The number of hydrogen-bond acceptors (Lipinski definition) is 3. The number of nitrogens with zero attached hydrogens (tertiary/aromatic N) is 2. The van der Waals surface area contributed by atoms with E-state index >= 15 is 0 Å². The predicted octanol–water partition coefficient (Wildman–Crippen LogP) is 3.57. The Kier molecular flexibility index (Phi) is 6.19. The summed E-state index contributed by atoms with van der Waals surface area (Å²) >= 11 is 0. The highest BCUT2D eigenvalue weighted by Gasteiger charge is 2.29. The molecule has 1 aliphatic heterocycles. The number of nitrogens with one attached hydrogen (secondary N) is 2. The van der Waals surface area contributed by atoms with Crippen LogP contribution in [-0.2, 0) is 0 Å². The molecule has 3 amide bonds. The summed E-state index contributed by atoms with van der Waals surface area (Å²) in [5.41, 5.74) is 2.42. The van der Waals surface area contributed by atoms with E-state index in [1.807, 2.05) is 36.9 Å². The summed E-state index contributed by atoms with van der Waals surface area (Å²) in [5.74, 6) is -0.112. The number of rotatable bonds is 5. The number of urea groups is 1. The lowest BCUT2D eigenvalue weighted by Crippen LogP contribution is -2.38. The van der Waals surface area contributed by atoms with Crippen LogP contribution in [0.4, 0.5) is 16.2 Å². The van der Waals surface area contributed by atoms with Crippen LogP contribution >= 0.6 is 0 Å². The second-order valence-corrected chi connectivity index (χ2v) is 7.47. The van der Waals surface area contributed by atoms with Crippen LogP contribution in [0.1, 0.15) is 30.6 Å². The van der Waals surface area contributed by atoms with Crippen LogP contribution in [0.3, 0.4) is 0 Å². The zero-order chi connectivity index (χ0) is 20.1. The molecule has 2 N–H and O–H groups in total. The van der Waals surface area contributed by atoms with E-state index < -0.39 is 0 Å². The van der Waals surface area contributed by atoms with Gasteiger partial charge in [-0.25, -0.2) is 4.79 Å². The Morgan fingerprint density at radius 3 is 2.39 bits per heavy atom. The molecule has 28 heavy (non-hydrogen) atoms. The van der Waals surface area contributed by atoms with Gasteiger partial charge in [-0.15, -0.1) is 0 Å². The van der Waals surface area contributed by atoms with Crippen molar-refractivity contribution in [1.82, 2.24) is 10.2 Å². The zero-order valence-electron chi connectivity index (χ0n) is 16.7. The molecule has 148 valence electrons. The number of carbonyl (C=O) groups excluding carboxylic acids is 2. The Morgan fingerprint density at radius 1 is 1.07 bits per heavy atom. The molecule has 6 heteroatoms. The number of anilines is 2. The molecule has 0 aromatic heterocycles. The van der Waals surface area contributed by atoms with Crippen molar-refractivity contribution in [3.8, 4) is 0 Å². The molecule has 1 saturated heterocycles. The summed E-state index contributed by atoms with van der Waals surface area (Å²) in [6.07, 6.45) is 0.938. The van der Waals surface area contributed by atoms with Crippen LogP contribution in [0, 0.1) is 0 Å². The maximum Gasteiger partial charge on any atom is 0.321 e. The molecule has 3 rings (SSSR count). The third-order valence-corrected chi connectivity index (χ3v) is 4.98. The van der Waals surface area contributed by atoms with Gasteiger partial charge in [0.25, 0.3) is 5.91 Å². The number of benzene rings is 2. The summed E-state index contributed by atoms with van der Waals surface area (Å²) in [6, 6.07) is 17.5. The molecule has 0 spiro atoms. The molecule has 1 atom stereocenters. The van der Waals surface area contributed by atoms with Gasteiger partial charge in [0.2, 0.25) is 0 Å². The minimum Gasteiger partial charge on any atom is -0.370 e. The topological polar surface area (TPSA) is 64.7 Å². The lowest BCUT2D eigenvalue weighted by molar-refractivity contribution is 0.0943. The van der Waals surface area contributed by atoms with E-state index in [0.29, 0.717) is 23.8 Å². The average molecular weight is 380 g/mol. The monoisotopic (exact) mass is 380 g/mol. The second-order valence-electron chi connectivity index (χ2n) is 7.47. The molecule has 6 nitrogen and oxygen atoms in total. The third-order valence-electron chi connectivity index (χ3n) is 4.98. The summed E-state index contributed by atoms with van der Waals surface area (Å²) < 4.78 is 0. The molecule has 1 aliphatic rings. The smallest absolute Gasteiger partial charge is 0.321 e. The number of para-hydroxylation sites is 1. The van der Waals surface area contributed by atoms with E-state index in [9.17, 15) is 9.59 Å². The van der Waals surface area contributed by atoms with Crippen molar-refractivity contribution in [2.24, 2.45) is 0 Å². The molecule has 0 saturated carbocycles. The van der Waals surface area contributed by atoms with Crippen LogP contribution in [-0.4, -0.2) is 49.1 Å². The van der Waals surface area contributed by atoms with Crippen LogP contribution < -0.4 is 15.5 Å². The minimum absolute atomic E-state index is 0.0870. The Morgan fingerprint density at radius 2 is 1.75 bits per heavy atom. The van der Waals surface area contributed by atoms with Crippen molar-refractivity contribution in [2.45, 2.75) is 32.4 Å². The van der Waals surface area contributed by atoms with Crippen molar-refractivity contribution >= 4 is 23.3 Å². The van der Waals surface area contributed by atoms with E-state index in [-0.39, 0.29) is 18.0 Å². The van der Waals surface area contributed by atoms with Gasteiger partial charge in [0.05, 0.1) is 0 Å². The molecular formula is C22H28N4O2. The van der Waals surface area contributed by atoms with Crippen molar-refractivity contribution in [2.75, 3.05) is 30.4 Å². The summed E-state index contributed by atoms with van der Waals surface area (Å²) in [7, 11) is 2.07. The molecule has 1 unspecified atom stereocenters. The van der Waals surface area contributed by atoms with Gasteiger partial charge in [-0.3, -0.25) is 4.79 Å². The van der Waals surface area contributed by atoms with E-state index in [1.165, 1.54) is 0 Å². The SMILES string of the molecule is CC(C)NC(=O)c1ccc(NC(=O)N2CCC(N(C)c3ccccc3)C2)cc1. The number of amides is 3. The van der Waals surface area contributed by atoms with Gasteiger partial charge in [-0.05, 0) is 56.7 Å². The van der Waals surface area contributed by atoms with Crippen molar-refractivity contribution in [3.63, 3.8) is 0 Å². The van der Waals surface area contributed by atoms with E-state index in [1.54, 1.807) is 24.3 Å². The average Bonchev–Trinajstić information content (AvgIpc) is 3.18. The summed E-state index contributed by atoms with van der Waals surface area (Å²) in [5, 5.41) is 5.78. The molecule has 1 fully saturated rings. The van der Waals surface area contributed by atoms with Gasteiger partial charge in [0, 0.05) is 49.2 Å². The van der Waals surface area contributed by atoms with Crippen molar-refractivity contribution in [3.05, 3.63) is 60.2 Å². The maximum absolute atomic E-state index is 12.6. The van der Waals surface area contributed by atoms with Gasteiger partial charge >= 0.3 is 6.03 Å². The van der Waals surface area contributed by atoms with E-state index in [0.717, 1.165) is 18.7 Å². The van der Waals surface area contributed by atoms with Crippen molar-refractivity contribution in [1.29, 1.82) is 0 Å². The van der Waals surface area contributed by atoms with E-state index in [4.69, 9.17) is 0 Å². The Hall–Kier alpha value is -3.02. The maximum atomic E-state index is 12.6. The summed E-state index contributed by atoms with van der Waals surface area (Å²) in [6.45, 7) is 5.25.